The van der Waals surface area contributed by atoms with Crippen LogP contribution in [0.15, 0.2) is 54.6 Å². The molecule has 1 unspecified atom stereocenters. The molecule has 2 nitrogen and oxygen atoms in total. The molecule has 0 radical (unpaired) electrons. The van der Waals surface area contributed by atoms with E-state index in [1.807, 2.05) is 12.1 Å². The molecular formula is C21H29NO. The molecule has 2 aromatic carbocycles. The molecule has 1 atom stereocenters. The summed E-state index contributed by atoms with van der Waals surface area (Å²) in [6, 6.07) is 19.0. The van der Waals surface area contributed by atoms with Crippen molar-refractivity contribution in [3.05, 3.63) is 65.7 Å². The van der Waals surface area contributed by atoms with Crippen molar-refractivity contribution in [2.24, 2.45) is 5.92 Å². The highest BCUT2D eigenvalue weighted by atomic mass is 16.5. The van der Waals surface area contributed by atoms with Crippen molar-refractivity contribution in [3.63, 3.8) is 0 Å². The molecule has 0 aliphatic rings. The number of rotatable bonds is 8. The molecule has 0 fully saturated rings. The topological polar surface area (TPSA) is 21.3 Å². The van der Waals surface area contributed by atoms with Crippen molar-refractivity contribution in [2.75, 3.05) is 13.7 Å². The summed E-state index contributed by atoms with van der Waals surface area (Å²) in [7, 11) is 1.71. The molecule has 0 spiro atoms. The maximum atomic E-state index is 5.27. The van der Waals surface area contributed by atoms with E-state index >= 15 is 0 Å². The Labute approximate surface area is 140 Å². The van der Waals surface area contributed by atoms with E-state index in [1.165, 1.54) is 17.5 Å². The van der Waals surface area contributed by atoms with Crippen LogP contribution in [0, 0.1) is 5.92 Å². The molecule has 0 saturated heterocycles. The summed E-state index contributed by atoms with van der Waals surface area (Å²) in [4.78, 5) is 0. The van der Waals surface area contributed by atoms with Gasteiger partial charge < -0.3 is 10.1 Å². The standard InChI is InChI=1S/C21H29NO/c1-17(14-21(2,3)19-10-6-5-7-11-19)15-22-16-18-9-8-12-20(13-18)23-4/h5-13,17,22H,14-16H2,1-4H3. The van der Waals surface area contributed by atoms with Crippen molar-refractivity contribution >= 4 is 0 Å². The van der Waals surface area contributed by atoms with E-state index in [-0.39, 0.29) is 5.41 Å². The summed E-state index contributed by atoms with van der Waals surface area (Å²) < 4.78 is 5.27. The summed E-state index contributed by atoms with van der Waals surface area (Å²) in [5, 5.41) is 3.57. The second kappa shape index (κ2) is 8.16. The van der Waals surface area contributed by atoms with E-state index in [1.54, 1.807) is 7.11 Å². The van der Waals surface area contributed by atoms with E-state index in [4.69, 9.17) is 4.74 Å². The Kier molecular flexibility index (Phi) is 6.23. The summed E-state index contributed by atoms with van der Waals surface area (Å²) in [6.07, 6.45) is 1.17. The number of methoxy groups -OCH3 is 1. The average Bonchev–Trinajstić information content (AvgIpc) is 2.55. The normalized spacial score (nSPS) is 12.9. The Morgan fingerprint density at radius 3 is 2.48 bits per heavy atom. The van der Waals surface area contributed by atoms with Gasteiger partial charge in [-0.25, -0.2) is 0 Å². The molecule has 124 valence electrons. The molecule has 0 aromatic heterocycles. The lowest BCUT2D eigenvalue weighted by atomic mass is 9.77. The predicted molar refractivity (Wildman–Crippen MR) is 97.9 cm³/mol. The minimum atomic E-state index is 0.207. The van der Waals surface area contributed by atoms with Gasteiger partial charge >= 0.3 is 0 Å². The highest BCUT2D eigenvalue weighted by Gasteiger charge is 2.22. The highest BCUT2D eigenvalue weighted by molar-refractivity contribution is 5.28. The third-order valence-corrected chi connectivity index (χ3v) is 4.37. The number of hydrogen-bond donors (Lipinski definition) is 1. The van der Waals surface area contributed by atoms with Crippen LogP contribution in [-0.4, -0.2) is 13.7 Å². The molecule has 0 amide bonds. The molecule has 0 heterocycles. The lowest BCUT2D eigenvalue weighted by Crippen LogP contribution is -2.27. The SMILES string of the molecule is COc1cccc(CNCC(C)CC(C)(C)c2ccccc2)c1. The highest BCUT2D eigenvalue weighted by Crippen LogP contribution is 2.30. The lowest BCUT2D eigenvalue weighted by molar-refractivity contribution is 0.364. The first kappa shape index (κ1) is 17.6. The Morgan fingerprint density at radius 2 is 1.78 bits per heavy atom. The minimum absolute atomic E-state index is 0.207. The lowest BCUT2D eigenvalue weighted by Gasteiger charge is -2.29. The van der Waals surface area contributed by atoms with E-state index in [0.29, 0.717) is 5.92 Å². The van der Waals surface area contributed by atoms with Crippen LogP contribution in [0.25, 0.3) is 0 Å². The summed E-state index contributed by atoms with van der Waals surface area (Å²) in [5.41, 5.74) is 2.89. The molecule has 2 aromatic rings. The third kappa shape index (κ3) is 5.40. The second-order valence-electron chi connectivity index (χ2n) is 7.04. The van der Waals surface area contributed by atoms with Gasteiger partial charge in [0.2, 0.25) is 0 Å². The molecular weight excluding hydrogens is 282 g/mol. The van der Waals surface area contributed by atoms with Crippen LogP contribution in [0.3, 0.4) is 0 Å². The maximum absolute atomic E-state index is 5.27. The van der Waals surface area contributed by atoms with Gasteiger partial charge in [0.25, 0.3) is 0 Å². The average molecular weight is 311 g/mol. The van der Waals surface area contributed by atoms with Crippen molar-refractivity contribution in [2.45, 2.75) is 39.2 Å². The first-order chi connectivity index (χ1) is 11.0. The Balaban J connectivity index is 1.81. The number of benzene rings is 2. The number of nitrogens with one attached hydrogen (secondary N) is 1. The van der Waals surface area contributed by atoms with Crippen molar-refractivity contribution < 1.29 is 4.74 Å². The summed E-state index contributed by atoms with van der Waals surface area (Å²) in [5.74, 6) is 1.54. The first-order valence-electron chi connectivity index (χ1n) is 8.40. The zero-order valence-corrected chi connectivity index (χ0v) is 14.8. The van der Waals surface area contributed by atoms with Gasteiger partial charge in [-0.05, 0) is 47.6 Å². The van der Waals surface area contributed by atoms with E-state index in [0.717, 1.165) is 18.8 Å². The third-order valence-electron chi connectivity index (χ3n) is 4.37. The van der Waals surface area contributed by atoms with Gasteiger partial charge in [-0.2, -0.15) is 0 Å². The molecule has 1 N–H and O–H groups in total. The molecule has 0 aliphatic heterocycles. The van der Waals surface area contributed by atoms with E-state index in [2.05, 4.69) is 68.6 Å². The van der Waals surface area contributed by atoms with Crippen LogP contribution >= 0.6 is 0 Å². The quantitative estimate of drug-likeness (QED) is 0.757. The number of ether oxygens (including phenoxy) is 1. The van der Waals surface area contributed by atoms with Gasteiger partial charge in [0.1, 0.15) is 5.75 Å². The van der Waals surface area contributed by atoms with Gasteiger partial charge in [-0.3, -0.25) is 0 Å². The van der Waals surface area contributed by atoms with Crippen LogP contribution in [0.5, 0.6) is 5.75 Å². The van der Waals surface area contributed by atoms with Gasteiger partial charge in [-0.15, -0.1) is 0 Å². The maximum Gasteiger partial charge on any atom is 0.119 e. The molecule has 0 bridgehead atoms. The summed E-state index contributed by atoms with van der Waals surface area (Å²) >= 11 is 0. The number of hydrogen-bond acceptors (Lipinski definition) is 2. The van der Waals surface area contributed by atoms with Crippen LogP contribution in [0.4, 0.5) is 0 Å². The first-order valence-corrected chi connectivity index (χ1v) is 8.40. The largest absolute Gasteiger partial charge is 0.497 e. The van der Waals surface area contributed by atoms with Gasteiger partial charge in [0.05, 0.1) is 7.11 Å². The smallest absolute Gasteiger partial charge is 0.119 e. The van der Waals surface area contributed by atoms with Gasteiger partial charge in [0, 0.05) is 6.54 Å². The fourth-order valence-electron chi connectivity index (χ4n) is 3.20. The van der Waals surface area contributed by atoms with Crippen molar-refractivity contribution in [1.82, 2.24) is 5.32 Å². The predicted octanol–water partition coefficient (Wildman–Crippen LogP) is 4.79. The Morgan fingerprint density at radius 1 is 1.04 bits per heavy atom. The molecule has 2 rings (SSSR count). The van der Waals surface area contributed by atoms with Crippen molar-refractivity contribution in [1.29, 1.82) is 0 Å². The van der Waals surface area contributed by atoms with Crippen LogP contribution in [0.2, 0.25) is 0 Å². The molecule has 0 saturated carbocycles. The van der Waals surface area contributed by atoms with Gasteiger partial charge in [-0.1, -0.05) is 63.2 Å². The minimum Gasteiger partial charge on any atom is -0.497 e. The van der Waals surface area contributed by atoms with E-state index < -0.39 is 0 Å². The van der Waals surface area contributed by atoms with Gasteiger partial charge in [0.15, 0.2) is 0 Å². The fourth-order valence-corrected chi connectivity index (χ4v) is 3.20. The molecule has 0 aliphatic carbocycles. The van der Waals surface area contributed by atoms with E-state index in [9.17, 15) is 0 Å². The molecule has 23 heavy (non-hydrogen) atoms. The zero-order valence-electron chi connectivity index (χ0n) is 14.8. The van der Waals surface area contributed by atoms with Crippen LogP contribution < -0.4 is 10.1 Å². The molecule has 2 heteroatoms. The summed E-state index contributed by atoms with van der Waals surface area (Å²) in [6.45, 7) is 8.89. The van der Waals surface area contributed by atoms with Crippen LogP contribution in [-0.2, 0) is 12.0 Å². The fraction of sp³-hybridized carbons (Fsp3) is 0.429. The van der Waals surface area contributed by atoms with Crippen molar-refractivity contribution in [3.8, 4) is 5.75 Å². The second-order valence-corrected chi connectivity index (χ2v) is 7.04. The Hall–Kier alpha value is -1.80. The zero-order chi connectivity index (χ0) is 16.7. The van der Waals surface area contributed by atoms with Crippen LogP contribution in [0.1, 0.15) is 38.3 Å². The Bertz CT molecular complexity index is 592. The monoisotopic (exact) mass is 311 g/mol.